The first-order valence-corrected chi connectivity index (χ1v) is 6.47. The zero-order valence-corrected chi connectivity index (χ0v) is 11.9. The van der Waals surface area contributed by atoms with E-state index in [1.807, 2.05) is 39.8 Å². The van der Waals surface area contributed by atoms with Gasteiger partial charge in [-0.3, -0.25) is 4.79 Å². The summed E-state index contributed by atoms with van der Waals surface area (Å²) in [5, 5.41) is 11.8. The largest absolute Gasteiger partial charge is 0.480 e. The first-order chi connectivity index (χ1) is 8.86. The number of benzene rings is 1. The molecular weight excluding hydrogens is 242 g/mol. The van der Waals surface area contributed by atoms with Crippen LogP contribution < -0.4 is 5.32 Å². The lowest BCUT2D eigenvalue weighted by molar-refractivity contribution is -0.140. The Labute approximate surface area is 113 Å². The number of carboxylic acids is 1. The van der Waals surface area contributed by atoms with Gasteiger partial charge in [-0.15, -0.1) is 0 Å². The number of hydrogen-bond donors (Lipinski definition) is 2. The Morgan fingerprint density at radius 1 is 1.32 bits per heavy atom. The van der Waals surface area contributed by atoms with E-state index in [1.165, 1.54) is 0 Å². The van der Waals surface area contributed by atoms with Crippen LogP contribution in [0, 0.1) is 19.8 Å². The molecule has 0 saturated carbocycles. The van der Waals surface area contributed by atoms with Crippen molar-refractivity contribution in [3.8, 4) is 0 Å². The van der Waals surface area contributed by atoms with Gasteiger partial charge in [-0.25, -0.2) is 4.79 Å². The monoisotopic (exact) mass is 263 g/mol. The Balaban J connectivity index is 2.91. The summed E-state index contributed by atoms with van der Waals surface area (Å²) in [7, 11) is 0. The normalized spacial score (nSPS) is 13.7. The maximum Gasteiger partial charge on any atom is 0.326 e. The molecule has 0 spiro atoms. The van der Waals surface area contributed by atoms with Crippen molar-refractivity contribution in [2.45, 2.75) is 40.2 Å². The van der Waals surface area contributed by atoms with Crippen molar-refractivity contribution in [3.63, 3.8) is 0 Å². The number of rotatable bonds is 5. The summed E-state index contributed by atoms with van der Waals surface area (Å²) in [5.41, 5.74) is 2.46. The van der Waals surface area contributed by atoms with E-state index in [4.69, 9.17) is 5.11 Å². The summed E-state index contributed by atoms with van der Waals surface area (Å²) in [4.78, 5) is 23.3. The van der Waals surface area contributed by atoms with E-state index < -0.39 is 12.0 Å². The second-order valence-electron chi connectivity index (χ2n) is 4.99. The molecular formula is C15H21NO3. The third-order valence-corrected chi connectivity index (χ3v) is 3.39. The molecule has 0 aliphatic rings. The molecule has 1 amide bonds. The molecule has 104 valence electrons. The Kier molecular flexibility index (Phi) is 5.10. The van der Waals surface area contributed by atoms with Crippen molar-refractivity contribution in [1.29, 1.82) is 0 Å². The number of aryl methyl sites for hydroxylation is 2. The third kappa shape index (κ3) is 3.81. The lowest BCUT2D eigenvalue weighted by Crippen LogP contribution is -2.45. The summed E-state index contributed by atoms with van der Waals surface area (Å²) in [6.45, 7) is 7.53. The van der Waals surface area contributed by atoms with Gasteiger partial charge in [0.2, 0.25) is 0 Å². The summed E-state index contributed by atoms with van der Waals surface area (Å²) in [6.07, 6.45) is 0.699. The van der Waals surface area contributed by atoms with E-state index in [0.717, 1.165) is 11.1 Å². The summed E-state index contributed by atoms with van der Waals surface area (Å²) in [5.74, 6) is -1.43. The van der Waals surface area contributed by atoms with Crippen LogP contribution in [-0.2, 0) is 4.79 Å². The molecule has 1 rings (SSSR count). The van der Waals surface area contributed by atoms with Gasteiger partial charge < -0.3 is 10.4 Å². The molecule has 19 heavy (non-hydrogen) atoms. The highest BCUT2D eigenvalue weighted by atomic mass is 16.4. The van der Waals surface area contributed by atoms with Crippen LogP contribution in [0.4, 0.5) is 0 Å². The molecule has 0 bridgehead atoms. The minimum absolute atomic E-state index is 0.104. The van der Waals surface area contributed by atoms with Gasteiger partial charge in [-0.2, -0.15) is 0 Å². The minimum atomic E-state index is -0.993. The minimum Gasteiger partial charge on any atom is -0.480 e. The highest BCUT2D eigenvalue weighted by Gasteiger charge is 2.26. The molecule has 0 saturated heterocycles. The summed E-state index contributed by atoms with van der Waals surface area (Å²) in [6, 6.07) is 4.64. The maximum absolute atomic E-state index is 12.1. The molecule has 0 fully saturated rings. The van der Waals surface area contributed by atoms with E-state index in [2.05, 4.69) is 5.32 Å². The van der Waals surface area contributed by atoms with E-state index >= 15 is 0 Å². The van der Waals surface area contributed by atoms with Gasteiger partial charge in [0.05, 0.1) is 0 Å². The predicted octanol–water partition coefficient (Wildman–Crippen LogP) is 2.53. The highest BCUT2D eigenvalue weighted by Crippen LogP contribution is 2.13. The molecule has 2 atom stereocenters. The molecule has 2 N–H and O–H groups in total. The molecule has 1 aromatic carbocycles. The van der Waals surface area contributed by atoms with Gasteiger partial charge in [0.1, 0.15) is 6.04 Å². The fraction of sp³-hybridized carbons (Fsp3) is 0.467. The number of hydrogen-bond acceptors (Lipinski definition) is 2. The number of carboxylic acid groups (broad SMARTS) is 1. The fourth-order valence-electron chi connectivity index (χ4n) is 1.97. The Hall–Kier alpha value is -1.84. The molecule has 0 aliphatic carbocycles. The molecule has 1 unspecified atom stereocenters. The zero-order valence-electron chi connectivity index (χ0n) is 11.9. The first-order valence-electron chi connectivity index (χ1n) is 6.47. The van der Waals surface area contributed by atoms with Gasteiger partial charge in [0.15, 0.2) is 0 Å². The van der Waals surface area contributed by atoms with Crippen LogP contribution in [0.1, 0.15) is 41.8 Å². The van der Waals surface area contributed by atoms with E-state index in [0.29, 0.717) is 12.0 Å². The molecule has 0 heterocycles. The van der Waals surface area contributed by atoms with Crippen molar-refractivity contribution >= 4 is 11.9 Å². The summed E-state index contributed by atoms with van der Waals surface area (Å²) >= 11 is 0. The molecule has 0 aromatic heterocycles. The number of amides is 1. The number of carbonyl (C=O) groups excluding carboxylic acids is 1. The van der Waals surface area contributed by atoms with E-state index in [-0.39, 0.29) is 11.8 Å². The fourth-order valence-corrected chi connectivity index (χ4v) is 1.97. The predicted molar refractivity (Wildman–Crippen MR) is 74.3 cm³/mol. The van der Waals surface area contributed by atoms with Crippen molar-refractivity contribution in [2.24, 2.45) is 5.92 Å². The highest BCUT2D eigenvalue weighted by molar-refractivity contribution is 5.97. The molecule has 1 aromatic rings. The molecule has 4 nitrogen and oxygen atoms in total. The lowest BCUT2D eigenvalue weighted by atomic mass is 9.98. The maximum atomic E-state index is 12.1. The lowest BCUT2D eigenvalue weighted by Gasteiger charge is -2.20. The average Bonchev–Trinajstić information content (AvgIpc) is 2.34. The second-order valence-corrected chi connectivity index (χ2v) is 4.99. The van der Waals surface area contributed by atoms with Gasteiger partial charge in [-0.05, 0) is 31.4 Å². The first kappa shape index (κ1) is 15.2. The number of aliphatic carboxylic acids is 1. The van der Waals surface area contributed by atoms with Crippen LogP contribution in [0.5, 0.6) is 0 Å². The van der Waals surface area contributed by atoms with Crippen LogP contribution in [0.25, 0.3) is 0 Å². The number of carbonyl (C=O) groups is 2. The molecule has 0 radical (unpaired) electrons. The molecule has 4 heteroatoms. The van der Waals surface area contributed by atoms with Gasteiger partial charge in [-0.1, -0.05) is 38.0 Å². The van der Waals surface area contributed by atoms with Crippen molar-refractivity contribution in [2.75, 3.05) is 0 Å². The third-order valence-electron chi connectivity index (χ3n) is 3.39. The van der Waals surface area contributed by atoms with Crippen LogP contribution in [0.15, 0.2) is 18.2 Å². The van der Waals surface area contributed by atoms with Crippen molar-refractivity contribution < 1.29 is 14.7 Å². The van der Waals surface area contributed by atoms with Crippen LogP contribution >= 0.6 is 0 Å². The van der Waals surface area contributed by atoms with Gasteiger partial charge >= 0.3 is 5.97 Å². The zero-order chi connectivity index (χ0) is 14.6. The van der Waals surface area contributed by atoms with E-state index in [1.54, 1.807) is 6.07 Å². The van der Waals surface area contributed by atoms with Crippen LogP contribution in [-0.4, -0.2) is 23.0 Å². The average molecular weight is 263 g/mol. The van der Waals surface area contributed by atoms with Crippen LogP contribution in [0.3, 0.4) is 0 Å². The SMILES string of the molecule is CCC(C)[C@H](NC(=O)c1ccc(C)cc1C)C(=O)O. The summed E-state index contributed by atoms with van der Waals surface area (Å²) < 4.78 is 0. The molecule has 0 aliphatic heterocycles. The van der Waals surface area contributed by atoms with Gasteiger partial charge in [0.25, 0.3) is 5.91 Å². The number of nitrogens with one attached hydrogen (secondary N) is 1. The van der Waals surface area contributed by atoms with Crippen molar-refractivity contribution in [1.82, 2.24) is 5.32 Å². The Morgan fingerprint density at radius 2 is 1.95 bits per heavy atom. The smallest absolute Gasteiger partial charge is 0.326 e. The van der Waals surface area contributed by atoms with E-state index in [9.17, 15) is 9.59 Å². The van der Waals surface area contributed by atoms with Crippen molar-refractivity contribution in [3.05, 3.63) is 34.9 Å². The second kappa shape index (κ2) is 6.36. The quantitative estimate of drug-likeness (QED) is 0.858. The Morgan fingerprint density at radius 3 is 2.42 bits per heavy atom. The topological polar surface area (TPSA) is 66.4 Å². The van der Waals surface area contributed by atoms with Gasteiger partial charge in [0, 0.05) is 5.56 Å². The standard InChI is InChI=1S/C15H21NO3/c1-5-10(3)13(15(18)19)16-14(17)12-7-6-9(2)8-11(12)4/h6-8,10,13H,5H2,1-4H3,(H,16,17)(H,18,19)/t10?,13-/m0/s1. The Bertz CT molecular complexity index is 482. The van der Waals surface area contributed by atoms with Crippen LogP contribution in [0.2, 0.25) is 0 Å².